The molecule has 0 radical (unpaired) electrons. The maximum atomic E-state index is 12.4. The molecule has 0 aromatic heterocycles. The fraction of sp³-hybridized carbons (Fsp3) is 0.211. The van der Waals surface area contributed by atoms with Gasteiger partial charge in [0, 0.05) is 10.0 Å². The SMILES string of the molecule is O=C(CN1C(=O)N[C@@H](CCc2ccccc2)C1=O)c1ccc(Br)cc1. The molecular formula is C19H17BrN2O3. The van der Waals surface area contributed by atoms with E-state index in [0.29, 0.717) is 18.4 Å². The number of urea groups is 1. The predicted molar refractivity (Wildman–Crippen MR) is 97.3 cm³/mol. The van der Waals surface area contributed by atoms with Crippen molar-refractivity contribution in [2.75, 3.05) is 6.54 Å². The molecule has 1 saturated heterocycles. The van der Waals surface area contributed by atoms with E-state index in [-0.39, 0.29) is 18.2 Å². The summed E-state index contributed by atoms with van der Waals surface area (Å²) in [5.74, 6) is -0.605. The molecule has 3 rings (SSSR count). The number of ketones is 1. The highest BCUT2D eigenvalue weighted by Gasteiger charge is 2.38. The van der Waals surface area contributed by atoms with Crippen molar-refractivity contribution < 1.29 is 14.4 Å². The fourth-order valence-corrected chi connectivity index (χ4v) is 3.01. The molecule has 0 bridgehead atoms. The van der Waals surface area contributed by atoms with Crippen LogP contribution in [-0.2, 0) is 11.2 Å². The number of hydrogen-bond donors (Lipinski definition) is 1. The van der Waals surface area contributed by atoms with Crippen LogP contribution in [0.5, 0.6) is 0 Å². The molecule has 0 unspecified atom stereocenters. The summed E-state index contributed by atoms with van der Waals surface area (Å²) in [5, 5.41) is 2.67. The molecule has 1 aliphatic rings. The number of carbonyl (C=O) groups is 3. The van der Waals surface area contributed by atoms with Gasteiger partial charge in [-0.05, 0) is 30.5 Å². The average molecular weight is 401 g/mol. The third-order valence-corrected chi connectivity index (χ3v) is 4.67. The van der Waals surface area contributed by atoms with Crippen LogP contribution in [0.3, 0.4) is 0 Å². The topological polar surface area (TPSA) is 66.5 Å². The second-order valence-electron chi connectivity index (χ2n) is 5.88. The number of rotatable bonds is 6. The Bertz CT molecular complexity index is 790. The molecule has 0 saturated carbocycles. The van der Waals surface area contributed by atoms with Gasteiger partial charge in [-0.25, -0.2) is 4.79 Å². The summed E-state index contributed by atoms with van der Waals surface area (Å²) < 4.78 is 0.861. The van der Waals surface area contributed by atoms with Crippen molar-refractivity contribution in [1.29, 1.82) is 0 Å². The minimum Gasteiger partial charge on any atom is -0.326 e. The van der Waals surface area contributed by atoms with Crippen molar-refractivity contribution in [3.05, 3.63) is 70.2 Å². The molecule has 1 aliphatic heterocycles. The smallest absolute Gasteiger partial charge is 0.325 e. The normalized spacial score (nSPS) is 16.8. The summed E-state index contributed by atoms with van der Waals surface area (Å²) in [6.07, 6.45) is 1.20. The monoisotopic (exact) mass is 400 g/mol. The summed E-state index contributed by atoms with van der Waals surface area (Å²) in [5.41, 5.74) is 1.57. The lowest BCUT2D eigenvalue weighted by molar-refractivity contribution is -0.127. The van der Waals surface area contributed by atoms with Crippen LogP contribution in [0.1, 0.15) is 22.3 Å². The maximum absolute atomic E-state index is 12.4. The Kier molecular flexibility index (Phi) is 5.28. The number of amides is 3. The third kappa shape index (κ3) is 4.14. The molecule has 2 aromatic rings. The van der Waals surface area contributed by atoms with Crippen LogP contribution in [0, 0.1) is 0 Å². The lowest BCUT2D eigenvalue weighted by Crippen LogP contribution is -2.36. The molecule has 1 fully saturated rings. The summed E-state index contributed by atoms with van der Waals surface area (Å²) in [6.45, 7) is -0.242. The Hall–Kier alpha value is -2.47. The van der Waals surface area contributed by atoms with E-state index in [4.69, 9.17) is 0 Å². The first-order valence-electron chi connectivity index (χ1n) is 7.99. The first-order chi connectivity index (χ1) is 12.0. The van der Waals surface area contributed by atoms with E-state index in [1.54, 1.807) is 24.3 Å². The molecular weight excluding hydrogens is 384 g/mol. The van der Waals surface area contributed by atoms with Gasteiger partial charge >= 0.3 is 6.03 Å². The van der Waals surface area contributed by atoms with Gasteiger partial charge in [0.2, 0.25) is 0 Å². The van der Waals surface area contributed by atoms with Crippen LogP contribution in [-0.4, -0.2) is 35.2 Å². The van der Waals surface area contributed by atoms with Crippen LogP contribution in [0.2, 0.25) is 0 Å². The number of halogens is 1. The highest BCUT2D eigenvalue weighted by molar-refractivity contribution is 9.10. The molecule has 0 aliphatic carbocycles. The van der Waals surface area contributed by atoms with Crippen molar-refractivity contribution in [2.45, 2.75) is 18.9 Å². The molecule has 1 N–H and O–H groups in total. The van der Waals surface area contributed by atoms with E-state index < -0.39 is 12.1 Å². The Morgan fingerprint density at radius 1 is 1.04 bits per heavy atom. The lowest BCUT2D eigenvalue weighted by Gasteiger charge is -2.12. The van der Waals surface area contributed by atoms with Gasteiger partial charge < -0.3 is 5.32 Å². The van der Waals surface area contributed by atoms with Crippen LogP contribution >= 0.6 is 15.9 Å². The molecule has 1 heterocycles. The van der Waals surface area contributed by atoms with Crippen LogP contribution in [0.15, 0.2) is 59.1 Å². The molecule has 0 spiro atoms. The standard InChI is InChI=1S/C19H17BrN2O3/c20-15-9-7-14(8-10-15)17(23)12-22-18(24)16(21-19(22)25)11-6-13-4-2-1-3-5-13/h1-5,7-10,16H,6,11-12H2,(H,21,25)/t16-/m0/s1. The van der Waals surface area contributed by atoms with Crippen LogP contribution < -0.4 is 5.32 Å². The van der Waals surface area contributed by atoms with Gasteiger partial charge in [0.25, 0.3) is 5.91 Å². The zero-order valence-electron chi connectivity index (χ0n) is 13.4. The molecule has 2 aromatic carbocycles. The third-order valence-electron chi connectivity index (χ3n) is 4.14. The summed E-state index contributed by atoms with van der Waals surface area (Å²) in [7, 11) is 0. The van der Waals surface area contributed by atoms with Crippen molar-refractivity contribution in [3.8, 4) is 0 Å². The first-order valence-corrected chi connectivity index (χ1v) is 8.78. The molecule has 128 valence electrons. The van der Waals surface area contributed by atoms with E-state index in [9.17, 15) is 14.4 Å². The average Bonchev–Trinajstić information content (AvgIpc) is 2.89. The van der Waals surface area contributed by atoms with Crippen molar-refractivity contribution in [3.63, 3.8) is 0 Å². The van der Waals surface area contributed by atoms with Crippen LogP contribution in [0.25, 0.3) is 0 Å². The van der Waals surface area contributed by atoms with Gasteiger partial charge in [-0.1, -0.05) is 58.4 Å². The Balaban J connectivity index is 1.61. The van der Waals surface area contributed by atoms with E-state index in [1.165, 1.54) is 0 Å². The Morgan fingerprint density at radius 3 is 2.40 bits per heavy atom. The number of aryl methyl sites for hydroxylation is 1. The maximum Gasteiger partial charge on any atom is 0.325 e. The molecule has 5 nitrogen and oxygen atoms in total. The second-order valence-corrected chi connectivity index (χ2v) is 6.80. The van der Waals surface area contributed by atoms with E-state index >= 15 is 0 Å². The van der Waals surface area contributed by atoms with E-state index in [2.05, 4.69) is 21.2 Å². The van der Waals surface area contributed by atoms with Crippen molar-refractivity contribution in [1.82, 2.24) is 10.2 Å². The first kappa shape index (κ1) is 17.4. The molecule has 1 atom stereocenters. The summed E-state index contributed by atoms with van der Waals surface area (Å²) in [4.78, 5) is 37.8. The lowest BCUT2D eigenvalue weighted by atomic mass is 10.1. The number of hydrogen-bond acceptors (Lipinski definition) is 3. The van der Waals surface area contributed by atoms with Gasteiger partial charge in [-0.15, -0.1) is 0 Å². The fourth-order valence-electron chi connectivity index (χ4n) is 2.75. The zero-order valence-corrected chi connectivity index (χ0v) is 15.0. The summed E-state index contributed by atoms with van der Waals surface area (Å²) in [6, 6.07) is 15.5. The summed E-state index contributed by atoms with van der Waals surface area (Å²) >= 11 is 3.31. The molecule has 25 heavy (non-hydrogen) atoms. The number of imide groups is 1. The largest absolute Gasteiger partial charge is 0.326 e. The Labute approximate surface area is 154 Å². The second kappa shape index (κ2) is 7.61. The van der Waals surface area contributed by atoms with E-state index in [0.717, 1.165) is 14.9 Å². The number of nitrogens with zero attached hydrogens (tertiary/aromatic N) is 1. The molecule has 6 heteroatoms. The highest BCUT2D eigenvalue weighted by atomic mass is 79.9. The number of benzene rings is 2. The minimum absolute atomic E-state index is 0.242. The molecule has 3 amide bonds. The number of Topliss-reactive ketones (excluding diaryl/α,β-unsaturated/α-hetero) is 1. The number of carbonyl (C=O) groups excluding carboxylic acids is 3. The van der Waals surface area contributed by atoms with Gasteiger partial charge in [0.05, 0.1) is 6.54 Å². The Morgan fingerprint density at radius 2 is 1.72 bits per heavy atom. The van der Waals surface area contributed by atoms with Crippen molar-refractivity contribution >= 4 is 33.7 Å². The highest BCUT2D eigenvalue weighted by Crippen LogP contribution is 2.15. The van der Waals surface area contributed by atoms with Gasteiger partial charge in [-0.2, -0.15) is 0 Å². The van der Waals surface area contributed by atoms with Crippen molar-refractivity contribution in [2.24, 2.45) is 0 Å². The van der Waals surface area contributed by atoms with Gasteiger partial charge in [0.1, 0.15) is 6.04 Å². The van der Waals surface area contributed by atoms with Gasteiger partial charge in [0.15, 0.2) is 5.78 Å². The van der Waals surface area contributed by atoms with Crippen LogP contribution in [0.4, 0.5) is 4.79 Å². The van der Waals surface area contributed by atoms with Gasteiger partial charge in [-0.3, -0.25) is 14.5 Å². The quantitative estimate of drug-likeness (QED) is 0.597. The predicted octanol–water partition coefficient (Wildman–Crippen LogP) is 3.19. The number of nitrogens with one attached hydrogen (secondary N) is 1. The zero-order chi connectivity index (χ0) is 17.8. The van der Waals surface area contributed by atoms with E-state index in [1.807, 2.05) is 30.3 Å². The minimum atomic E-state index is -0.578.